The van der Waals surface area contributed by atoms with E-state index in [0.29, 0.717) is 18.0 Å². The molecule has 0 saturated carbocycles. The van der Waals surface area contributed by atoms with Gasteiger partial charge in [0.05, 0.1) is 5.56 Å². The predicted molar refractivity (Wildman–Crippen MR) is 74.9 cm³/mol. The van der Waals surface area contributed by atoms with Crippen molar-refractivity contribution in [3.63, 3.8) is 0 Å². The number of aliphatic carboxylic acids is 1. The average molecular weight is 279 g/mol. The molecule has 0 aliphatic carbocycles. The molecule has 1 amide bonds. The molecular formula is C15H18FNO3. The number of carbonyl (C=O) groups excluding carboxylic acids is 1. The standard InChI is InChI=1S/C15H18FNO3/c1-10(2)9-17(3)15(20)12-6-4-11(8-13(12)16)5-7-14(18)19/h4-8,10H,9H2,1-3H3,(H,18,19). The summed E-state index contributed by atoms with van der Waals surface area (Å²) in [6.45, 7) is 4.48. The van der Waals surface area contributed by atoms with Crippen LogP contribution >= 0.6 is 0 Å². The van der Waals surface area contributed by atoms with Crippen LogP contribution in [-0.2, 0) is 4.79 Å². The molecule has 1 rings (SSSR count). The number of halogens is 1. The van der Waals surface area contributed by atoms with Crippen molar-refractivity contribution < 1.29 is 19.1 Å². The van der Waals surface area contributed by atoms with Crippen molar-refractivity contribution in [3.8, 4) is 0 Å². The first kappa shape index (κ1) is 15.9. The lowest BCUT2D eigenvalue weighted by molar-refractivity contribution is -0.131. The second-order valence-electron chi connectivity index (χ2n) is 4.99. The third-order valence-electron chi connectivity index (χ3n) is 2.63. The third-order valence-corrected chi connectivity index (χ3v) is 2.63. The SMILES string of the molecule is CC(C)CN(C)C(=O)c1ccc(C=CC(=O)O)cc1F. The topological polar surface area (TPSA) is 57.6 Å². The molecule has 0 bridgehead atoms. The number of carbonyl (C=O) groups is 2. The second-order valence-corrected chi connectivity index (χ2v) is 4.99. The van der Waals surface area contributed by atoms with Crippen molar-refractivity contribution in [2.45, 2.75) is 13.8 Å². The summed E-state index contributed by atoms with van der Waals surface area (Å²) in [5, 5.41) is 8.50. The van der Waals surface area contributed by atoms with Crippen molar-refractivity contribution in [1.29, 1.82) is 0 Å². The number of carboxylic acids is 1. The lowest BCUT2D eigenvalue weighted by Crippen LogP contribution is -2.30. The molecule has 0 heterocycles. The zero-order valence-corrected chi connectivity index (χ0v) is 11.8. The van der Waals surface area contributed by atoms with Gasteiger partial charge in [0.25, 0.3) is 5.91 Å². The van der Waals surface area contributed by atoms with Crippen molar-refractivity contribution in [1.82, 2.24) is 4.90 Å². The van der Waals surface area contributed by atoms with Gasteiger partial charge in [-0.25, -0.2) is 9.18 Å². The van der Waals surface area contributed by atoms with Gasteiger partial charge in [0.15, 0.2) is 0 Å². The molecular weight excluding hydrogens is 261 g/mol. The van der Waals surface area contributed by atoms with Crippen LogP contribution in [-0.4, -0.2) is 35.5 Å². The van der Waals surface area contributed by atoms with Crippen LogP contribution in [0.2, 0.25) is 0 Å². The van der Waals surface area contributed by atoms with Crippen LogP contribution in [0.1, 0.15) is 29.8 Å². The minimum atomic E-state index is -1.11. The molecule has 0 aliphatic rings. The molecule has 0 radical (unpaired) electrons. The molecule has 0 aliphatic heterocycles. The molecule has 1 aromatic carbocycles. The number of carboxylic acid groups (broad SMARTS) is 1. The summed E-state index contributed by atoms with van der Waals surface area (Å²) in [5.41, 5.74) is 0.383. The summed E-state index contributed by atoms with van der Waals surface area (Å²) < 4.78 is 13.9. The average Bonchev–Trinajstić information content (AvgIpc) is 2.34. The zero-order valence-electron chi connectivity index (χ0n) is 11.8. The summed E-state index contributed by atoms with van der Waals surface area (Å²) in [5.74, 6) is -1.85. The van der Waals surface area contributed by atoms with Crippen LogP contribution in [0.4, 0.5) is 4.39 Å². The Morgan fingerprint density at radius 2 is 2.05 bits per heavy atom. The van der Waals surface area contributed by atoms with Crippen molar-refractivity contribution >= 4 is 18.0 Å². The largest absolute Gasteiger partial charge is 0.478 e. The molecule has 4 nitrogen and oxygen atoms in total. The van der Waals surface area contributed by atoms with Gasteiger partial charge in [-0.1, -0.05) is 19.9 Å². The summed E-state index contributed by atoms with van der Waals surface area (Å²) in [4.78, 5) is 23.9. The Labute approximate surface area is 117 Å². The maximum Gasteiger partial charge on any atom is 0.328 e. The van der Waals surface area contributed by atoms with Gasteiger partial charge in [-0.2, -0.15) is 0 Å². The Morgan fingerprint density at radius 1 is 1.40 bits per heavy atom. The van der Waals surface area contributed by atoms with Crippen LogP contribution in [0.25, 0.3) is 6.08 Å². The number of hydrogen-bond acceptors (Lipinski definition) is 2. The Hall–Kier alpha value is -2.17. The van der Waals surface area contributed by atoms with E-state index in [1.165, 1.54) is 23.1 Å². The van der Waals surface area contributed by atoms with Gasteiger partial charge in [-0.3, -0.25) is 4.79 Å². The lowest BCUT2D eigenvalue weighted by atomic mass is 10.1. The van der Waals surface area contributed by atoms with Crippen LogP contribution in [0, 0.1) is 11.7 Å². The molecule has 108 valence electrons. The van der Waals surface area contributed by atoms with E-state index < -0.39 is 11.8 Å². The highest BCUT2D eigenvalue weighted by atomic mass is 19.1. The van der Waals surface area contributed by atoms with Gasteiger partial charge in [-0.15, -0.1) is 0 Å². The van der Waals surface area contributed by atoms with Crippen LogP contribution in [0.15, 0.2) is 24.3 Å². The fourth-order valence-electron chi connectivity index (χ4n) is 1.81. The summed E-state index contributed by atoms with van der Waals surface area (Å²) >= 11 is 0. The fourth-order valence-corrected chi connectivity index (χ4v) is 1.81. The molecule has 5 heteroatoms. The van der Waals surface area contributed by atoms with E-state index in [1.54, 1.807) is 7.05 Å². The molecule has 1 aromatic rings. The number of nitrogens with zero attached hydrogens (tertiary/aromatic N) is 1. The number of amides is 1. The molecule has 0 spiro atoms. The van der Waals surface area contributed by atoms with Gasteiger partial charge in [0, 0.05) is 19.7 Å². The maximum absolute atomic E-state index is 13.9. The fraction of sp³-hybridized carbons (Fsp3) is 0.333. The normalized spacial score (nSPS) is 11.1. The number of hydrogen-bond donors (Lipinski definition) is 1. The Bertz CT molecular complexity index is 538. The van der Waals surface area contributed by atoms with Crippen molar-refractivity contribution in [2.24, 2.45) is 5.92 Å². The minimum absolute atomic E-state index is 0.0133. The monoisotopic (exact) mass is 279 g/mol. The molecule has 1 N–H and O–H groups in total. The summed E-state index contributed by atoms with van der Waals surface area (Å²) in [7, 11) is 1.63. The highest BCUT2D eigenvalue weighted by Gasteiger charge is 2.16. The Morgan fingerprint density at radius 3 is 2.55 bits per heavy atom. The minimum Gasteiger partial charge on any atom is -0.478 e. The van der Waals surface area contributed by atoms with Gasteiger partial charge < -0.3 is 10.0 Å². The molecule has 0 aromatic heterocycles. The highest BCUT2D eigenvalue weighted by Crippen LogP contribution is 2.14. The Kier molecular flexibility index (Phi) is 5.43. The van der Waals surface area contributed by atoms with E-state index in [2.05, 4.69) is 0 Å². The number of benzene rings is 1. The summed E-state index contributed by atoms with van der Waals surface area (Å²) in [6.07, 6.45) is 2.19. The van der Waals surface area contributed by atoms with Gasteiger partial charge in [0.2, 0.25) is 0 Å². The van der Waals surface area contributed by atoms with Crippen LogP contribution in [0.5, 0.6) is 0 Å². The van der Waals surface area contributed by atoms with E-state index in [-0.39, 0.29) is 11.5 Å². The van der Waals surface area contributed by atoms with E-state index in [4.69, 9.17) is 5.11 Å². The first-order valence-corrected chi connectivity index (χ1v) is 6.27. The summed E-state index contributed by atoms with van der Waals surface area (Å²) in [6, 6.07) is 4.03. The molecule has 20 heavy (non-hydrogen) atoms. The molecule has 0 saturated heterocycles. The zero-order chi connectivity index (χ0) is 15.3. The lowest BCUT2D eigenvalue weighted by Gasteiger charge is -2.19. The van der Waals surface area contributed by atoms with Crippen LogP contribution in [0.3, 0.4) is 0 Å². The van der Waals surface area contributed by atoms with E-state index in [0.717, 1.165) is 12.1 Å². The molecule has 0 atom stereocenters. The van der Waals surface area contributed by atoms with E-state index in [1.807, 2.05) is 13.8 Å². The van der Waals surface area contributed by atoms with Gasteiger partial charge in [0.1, 0.15) is 5.82 Å². The first-order chi connectivity index (χ1) is 9.31. The smallest absolute Gasteiger partial charge is 0.328 e. The Balaban J connectivity index is 2.93. The quantitative estimate of drug-likeness (QED) is 0.843. The third kappa shape index (κ3) is 4.50. The molecule has 0 fully saturated rings. The highest BCUT2D eigenvalue weighted by molar-refractivity contribution is 5.94. The maximum atomic E-state index is 13.9. The van der Waals surface area contributed by atoms with Crippen LogP contribution < -0.4 is 0 Å². The van der Waals surface area contributed by atoms with E-state index in [9.17, 15) is 14.0 Å². The van der Waals surface area contributed by atoms with Gasteiger partial charge in [-0.05, 0) is 29.7 Å². The number of rotatable bonds is 5. The second kappa shape index (κ2) is 6.84. The first-order valence-electron chi connectivity index (χ1n) is 6.27. The van der Waals surface area contributed by atoms with Gasteiger partial charge >= 0.3 is 5.97 Å². The van der Waals surface area contributed by atoms with E-state index >= 15 is 0 Å². The predicted octanol–water partition coefficient (Wildman–Crippen LogP) is 2.65. The van der Waals surface area contributed by atoms with Crippen molar-refractivity contribution in [2.75, 3.05) is 13.6 Å². The molecule has 0 unspecified atom stereocenters. The van der Waals surface area contributed by atoms with Crippen molar-refractivity contribution in [3.05, 3.63) is 41.2 Å².